The highest BCUT2D eigenvalue weighted by Crippen LogP contribution is 2.15. The van der Waals surface area contributed by atoms with Gasteiger partial charge < -0.3 is 4.74 Å². The second kappa shape index (κ2) is 5.07. The zero-order valence-electron chi connectivity index (χ0n) is 10.2. The molecule has 0 spiro atoms. The summed E-state index contributed by atoms with van der Waals surface area (Å²) in [6.07, 6.45) is 0. The number of hydrogen-bond donors (Lipinski definition) is 0. The summed E-state index contributed by atoms with van der Waals surface area (Å²) in [5.74, 6) is 0.826. The summed E-state index contributed by atoms with van der Waals surface area (Å²) in [6, 6.07) is 11.6. The molecule has 0 aliphatic heterocycles. The third kappa shape index (κ3) is 2.64. The fraction of sp³-hybridized carbons (Fsp3) is 0.154. The van der Waals surface area contributed by atoms with Crippen molar-refractivity contribution in [1.82, 2.24) is 14.6 Å². The van der Waals surface area contributed by atoms with Gasteiger partial charge in [-0.1, -0.05) is 29.5 Å². The van der Waals surface area contributed by atoms with Crippen LogP contribution in [0.5, 0.6) is 5.75 Å². The molecule has 0 atom stereocenters. The fourth-order valence-electron chi connectivity index (χ4n) is 1.72. The van der Waals surface area contributed by atoms with E-state index in [4.69, 9.17) is 17.0 Å². The van der Waals surface area contributed by atoms with Gasteiger partial charge in [-0.15, -0.1) is 0 Å². The first kappa shape index (κ1) is 12.3. The van der Waals surface area contributed by atoms with Crippen molar-refractivity contribution in [2.45, 2.75) is 13.5 Å². The van der Waals surface area contributed by atoms with Crippen LogP contribution < -0.4 is 4.74 Å². The van der Waals surface area contributed by atoms with Gasteiger partial charge in [0.1, 0.15) is 17.4 Å². The van der Waals surface area contributed by atoms with E-state index < -0.39 is 0 Å². The summed E-state index contributed by atoms with van der Waals surface area (Å²) in [7, 11) is 0. The normalized spacial score (nSPS) is 10.8. The third-order valence-corrected chi connectivity index (χ3v) is 3.75. The van der Waals surface area contributed by atoms with Crippen molar-refractivity contribution >= 4 is 29.2 Å². The van der Waals surface area contributed by atoms with E-state index in [1.165, 1.54) is 11.3 Å². The van der Waals surface area contributed by atoms with Gasteiger partial charge in [-0.05, 0) is 31.3 Å². The van der Waals surface area contributed by atoms with Gasteiger partial charge in [0.2, 0.25) is 0 Å². The van der Waals surface area contributed by atoms with Crippen LogP contribution >= 0.6 is 23.6 Å². The smallest absolute Gasteiger partial charge is 0.185 e. The van der Waals surface area contributed by atoms with Crippen LogP contribution in [0.3, 0.4) is 0 Å². The molecule has 3 aromatic rings. The Hall–Kier alpha value is -1.79. The number of hydrogen-bond acceptors (Lipinski definition) is 5. The van der Waals surface area contributed by atoms with Crippen LogP contribution in [0.25, 0.3) is 5.65 Å². The molecule has 0 fully saturated rings. The highest BCUT2D eigenvalue weighted by molar-refractivity contribution is 7.73. The molecule has 0 radical (unpaired) electrons. The lowest BCUT2D eigenvalue weighted by molar-refractivity contribution is 0.305. The number of aryl methyl sites for hydroxylation is 1. The van der Waals surface area contributed by atoms with Crippen LogP contribution in [-0.4, -0.2) is 14.6 Å². The van der Waals surface area contributed by atoms with Crippen LogP contribution in [-0.2, 0) is 6.61 Å². The van der Waals surface area contributed by atoms with Gasteiger partial charge in [0.15, 0.2) is 9.60 Å². The largest absolute Gasteiger partial charge is 0.486 e. The molecule has 4 nitrogen and oxygen atoms in total. The van der Waals surface area contributed by atoms with Crippen LogP contribution in [0, 0.1) is 10.9 Å². The number of aromatic nitrogens is 3. The van der Waals surface area contributed by atoms with Gasteiger partial charge in [-0.2, -0.15) is 9.61 Å². The Bertz CT molecular complexity index is 764. The second-order valence-corrected chi connectivity index (χ2v) is 5.74. The Morgan fingerprint density at radius 3 is 2.89 bits per heavy atom. The molecule has 0 N–H and O–H groups in total. The molecular weight excluding hydrogens is 278 g/mol. The maximum atomic E-state index is 5.67. The van der Waals surface area contributed by atoms with Crippen molar-refractivity contribution in [1.29, 1.82) is 0 Å². The number of ether oxygens (including phenoxy) is 1. The Balaban J connectivity index is 1.87. The first-order valence-corrected chi connectivity index (χ1v) is 6.99. The van der Waals surface area contributed by atoms with E-state index >= 15 is 0 Å². The molecule has 1 aromatic carbocycles. The summed E-state index contributed by atoms with van der Waals surface area (Å²) in [6.45, 7) is 2.34. The number of fused-ring (bicyclic) bond motifs is 1. The van der Waals surface area contributed by atoms with E-state index in [-0.39, 0.29) is 0 Å². The van der Waals surface area contributed by atoms with Gasteiger partial charge >= 0.3 is 0 Å². The maximum Gasteiger partial charge on any atom is 0.185 e. The minimum absolute atomic E-state index is 0.416. The van der Waals surface area contributed by atoms with E-state index in [0.717, 1.165) is 22.1 Å². The molecule has 3 rings (SSSR count). The summed E-state index contributed by atoms with van der Waals surface area (Å²) in [5, 5.41) is 5.14. The maximum absolute atomic E-state index is 5.67. The minimum atomic E-state index is 0.416. The first-order valence-electron chi connectivity index (χ1n) is 5.76. The highest BCUT2D eigenvalue weighted by atomic mass is 32.1. The topological polar surface area (TPSA) is 39.4 Å². The Labute approximate surface area is 119 Å². The molecule has 0 aliphatic carbocycles. The first-order chi connectivity index (χ1) is 9.22. The van der Waals surface area contributed by atoms with Gasteiger partial charge in [-0.25, -0.2) is 4.98 Å². The van der Waals surface area contributed by atoms with Crippen molar-refractivity contribution < 1.29 is 4.74 Å². The fourth-order valence-corrected chi connectivity index (χ4v) is 2.82. The van der Waals surface area contributed by atoms with Crippen LogP contribution in [0.1, 0.15) is 10.7 Å². The van der Waals surface area contributed by atoms with Gasteiger partial charge in [0, 0.05) is 6.07 Å². The molecule has 0 bridgehead atoms. The van der Waals surface area contributed by atoms with Crippen molar-refractivity contribution in [3.63, 3.8) is 0 Å². The zero-order chi connectivity index (χ0) is 13.2. The predicted octanol–water partition coefficient (Wildman–Crippen LogP) is 3.41. The number of rotatable bonds is 3. The number of benzene rings is 1. The van der Waals surface area contributed by atoms with E-state index in [1.54, 1.807) is 4.52 Å². The molecule has 0 saturated heterocycles. The molecule has 0 saturated carbocycles. The van der Waals surface area contributed by atoms with Crippen molar-refractivity contribution in [2.24, 2.45) is 0 Å². The SMILES string of the molecule is Cc1cc2nc(COc3ccccc3)sc(=S)n2n1. The average molecular weight is 289 g/mol. The van der Waals surface area contributed by atoms with Crippen molar-refractivity contribution in [3.05, 3.63) is 51.1 Å². The Morgan fingerprint density at radius 2 is 2.11 bits per heavy atom. The summed E-state index contributed by atoms with van der Waals surface area (Å²) in [4.78, 5) is 4.50. The van der Waals surface area contributed by atoms with E-state index in [9.17, 15) is 0 Å². The van der Waals surface area contributed by atoms with Gasteiger partial charge in [0.25, 0.3) is 0 Å². The third-order valence-electron chi connectivity index (χ3n) is 2.54. The molecule has 2 aromatic heterocycles. The van der Waals surface area contributed by atoms with E-state index in [1.807, 2.05) is 43.3 Å². The highest BCUT2D eigenvalue weighted by Gasteiger charge is 2.05. The lowest BCUT2D eigenvalue weighted by Crippen LogP contribution is -1.99. The van der Waals surface area contributed by atoms with Gasteiger partial charge in [0.05, 0.1) is 5.69 Å². The quantitative estimate of drug-likeness (QED) is 0.693. The number of nitrogens with zero attached hydrogens (tertiary/aromatic N) is 3. The second-order valence-electron chi connectivity index (χ2n) is 4.03. The van der Waals surface area contributed by atoms with Gasteiger partial charge in [-0.3, -0.25) is 0 Å². The number of para-hydroxylation sites is 1. The van der Waals surface area contributed by atoms with Crippen LogP contribution in [0.2, 0.25) is 0 Å². The van der Waals surface area contributed by atoms with Crippen LogP contribution in [0.15, 0.2) is 36.4 Å². The van der Waals surface area contributed by atoms with E-state index in [0.29, 0.717) is 10.6 Å². The Morgan fingerprint density at radius 1 is 1.32 bits per heavy atom. The summed E-state index contributed by atoms with van der Waals surface area (Å²) in [5.41, 5.74) is 1.68. The van der Waals surface area contributed by atoms with E-state index in [2.05, 4.69) is 10.1 Å². The Kier molecular flexibility index (Phi) is 3.27. The van der Waals surface area contributed by atoms with Crippen molar-refractivity contribution in [2.75, 3.05) is 0 Å². The molecule has 96 valence electrons. The lowest BCUT2D eigenvalue weighted by atomic mass is 10.3. The van der Waals surface area contributed by atoms with Crippen molar-refractivity contribution in [3.8, 4) is 5.75 Å². The minimum Gasteiger partial charge on any atom is -0.486 e. The predicted molar refractivity (Wildman–Crippen MR) is 77.2 cm³/mol. The average Bonchev–Trinajstić information content (AvgIpc) is 2.79. The summed E-state index contributed by atoms with van der Waals surface area (Å²) >= 11 is 6.73. The monoisotopic (exact) mass is 289 g/mol. The standard InChI is InChI=1S/C13H11N3OS2/c1-9-7-11-14-12(19-13(18)16(11)15-9)8-17-10-5-3-2-4-6-10/h2-7H,8H2,1H3. The molecule has 2 heterocycles. The molecule has 0 unspecified atom stereocenters. The zero-order valence-corrected chi connectivity index (χ0v) is 11.9. The molecule has 6 heteroatoms. The molecule has 0 aliphatic rings. The molecular formula is C13H11N3OS2. The molecule has 0 amide bonds. The molecule has 19 heavy (non-hydrogen) atoms. The lowest BCUT2D eigenvalue weighted by Gasteiger charge is -2.04. The van der Waals surface area contributed by atoms with Crippen LogP contribution in [0.4, 0.5) is 0 Å². The summed E-state index contributed by atoms with van der Waals surface area (Å²) < 4.78 is 8.04.